The Hall–Kier alpha value is -0.840. The number of amides is 1. The molecule has 2 N–H and O–H groups in total. The number of carbonyl (C=O) groups is 1. The molecule has 0 bridgehead atoms. The van der Waals surface area contributed by atoms with Gasteiger partial charge in [-0.2, -0.15) is 0 Å². The van der Waals surface area contributed by atoms with Crippen LogP contribution >= 0.6 is 24.8 Å². The molecule has 4 nitrogen and oxygen atoms in total. The van der Waals surface area contributed by atoms with Gasteiger partial charge < -0.3 is 10.6 Å². The maximum absolute atomic E-state index is 11.8. The molecule has 2 rings (SSSR count). The summed E-state index contributed by atoms with van der Waals surface area (Å²) in [4.78, 5) is 15.8. The maximum Gasteiger partial charge on any atom is 0.241 e. The third kappa shape index (κ3) is 4.15. The van der Waals surface area contributed by atoms with Gasteiger partial charge in [0.1, 0.15) is 0 Å². The lowest BCUT2D eigenvalue weighted by molar-refractivity contribution is -0.117. The van der Waals surface area contributed by atoms with Crippen molar-refractivity contribution in [2.45, 2.75) is 25.8 Å². The molecule has 1 aromatic heterocycles. The van der Waals surface area contributed by atoms with Crippen LogP contribution in [-0.4, -0.2) is 23.5 Å². The van der Waals surface area contributed by atoms with Gasteiger partial charge in [0.25, 0.3) is 0 Å². The molecule has 0 saturated carbocycles. The molecular formula is C11H17Cl2N3O. The van der Waals surface area contributed by atoms with E-state index in [9.17, 15) is 4.79 Å². The predicted octanol–water partition coefficient (Wildman–Crippen LogP) is 1.92. The molecule has 1 aliphatic heterocycles. The van der Waals surface area contributed by atoms with E-state index < -0.39 is 0 Å². The second-order valence-corrected chi connectivity index (χ2v) is 3.83. The molecule has 17 heavy (non-hydrogen) atoms. The Morgan fingerprint density at radius 1 is 1.53 bits per heavy atom. The monoisotopic (exact) mass is 277 g/mol. The third-order valence-corrected chi connectivity index (χ3v) is 2.67. The molecule has 2 heterocycles. The largest absolute Gasteiger partial charge is 0.323 e. The Labute approximate surface area is 113 Å². The summed E-state index contributed by atoms with van der Waals surface area (Å²) < 4.78 is 0. The quantitative estimate of drug-likeness (QED) is 0.869. The molecule has 0 spiro atoms. The van der Waals surface area contributed by atoms with Crippen LogP contribution in [0.5, 0.6) is 0 Å². The van der Waals surface area contributed by atoms with Crippen LogP contribution in [-0.2, 0) is 4.79 Å². The average Bonchev–Trinajstić information content (AvgIpc) is 2.74. The van der Waals surface area contributed by atoms with Gasteiger partial charge in [-0.15, -0.1) is 24.8 Å². The van der Waals surface area contributed by atoms with Gasteiger partial charge in [0, 0.05) is 6.20 Å². The molecule has 1 amide bonds. The van der Waals surface area contributed by atoms with Crippen LogP contribution < -0.4 is 10.6 Å². The van der Waals surface area contributed by atoms with Crippen molar-refractivity contribution in [3.05, 3.63) is 24.0 Å². The molecule has 1 fully saturated rings. The summed E-state index contributed by atoms with van der Waals surface area (Å²) in [6.07, 6.45) is 5.40. The summed E-state index contributed by atoms with van der Waals surface area (Å²) in [6, 6.07) is 1.85. The van der Waals surface area contributed by atoms with Crippen LogP contribution in [0.1, 0.15) is 18.4 Å². The van der Waals surface area contributed by atoms with Crippen molar-refractivity contribution in [2.24, 2.45) is 0 Å². The summed E-state index contributed by atoms with van der Waals surface area (Å²) in [6.45, 7) is 2.89. The zero-order valence-electron chi connectivity index (χ0n) is 9.60. The Balaban J connectivity index is 0.00000128. The topological polar surface area (TPSA) is 54.0 Å². The number of carbonyl (C=O) groups excluding carboxylic acids is 1. The number of aromatic nitrogens is 1. The predicted molar refractivity (Wildman–Crippen MR) is 73.1 cm³/mol. The molecule has 0 aromatic carbocycles. The van der Waals surface area contributed by atoms with Crippen molar-refractivity contribution in [1.29, 1.82) is 0 Å². The van der Waals surface area contributed by atoms with E-state index in [0.29, 0.717) is 0 Å². The normalized spacial score (nSPS) is 17.8. The lowest BCUT2D eigenvalue weighted by Crippen LogP contribution is -2.35. The molecule has 96 valence electrons. The van der Waals surface area contributed by atoms with Gasteiger partial charge in [0.05, 0.1) is 17.9 Å². The molecule has 0 radical (unpaired) electrons. The fourth-order valence-corrected chi connectivity index (χ4v) is 1.72. The summed E-state index contributed by atoms with van der Waals surface area (Å²) in [5, 5.41) is 6.05. The molecule has 6 heteroatoms. The minimum atomic E-state index is -0.0374. The molecule has 0 aliphatic carbocycles. The third-order valence-electron chi connectivity index (χ3n) is 2.67. The number of rotatable bonds is 2. The number of nitrogens with one attached hydrogen (secondary N) is 2. The maximum atomic E-state index is 11.8. The van der Waals surface area contributed by atoms with Crippen LogP contribution in [0.25, 0.3) is 0 Å². The van der Waals surface area contributed by atoms with Gasteiger partial charge in [-0.3, -0.25) is 9.78 Å². The molecular weight excluding hydrogens is 261 g/mol. The van der Waals surface area contributed by atoms with E-state index in [1.807, 2.05) is 13.0 Å². The fourth-order valence-electron chi connectivity index (χ4n) is 1.72. The Morgan fingerprint density at radius 3 is 2.88 bits per heavy atom. The highest BCUT2D eigenvalue weighted by atomic mass is 35.5. The molecule has 1 atom stereocenters. The van der Waals surface area contributed by atoms with E-state index in [4.69, 9.17) is 0 Å². The number of aryl methyl sites for hydroxylation is 1. The first-order valence-electron chi connectivity index (χ1n) is 5.22. The minimum Gasteiger partial charge on any atom is -0.323 e. The van der Waals surface area contributed by atoms with Crippen LogP contribution in [0, 0.1) is 6.92 Å². The highest BCUT2D eigenvalue weighted by Crippen LogP contribution is 2.13. The van der Waals surface area contributed by atoms with E-state index in [-0.39, 0.29) is 36.8 Å². The van der Waals surface area contributed by atoms with Gasteiger partial charge in [0.2, 0.25) is 5.91 Å². The zero-order chi connectivity index (χ0) is 10.7. The van der Waals surface area contributed by atoms with E-state index in [2.05, 4.69) is 15.6 Å². The summed E-state index contributed by atoms with van der Waals surface area (Å²) in [5.74, 6) is 0.0450. The second-order valence-electron chi connectivity index (χ2n) is 3.83. The zero-order valence-corrected chi connectivity index (χ0v) is 11.2. The SMILES string of the molecule is Cc1ccncc1NC(=O)[C@@H]1CCCN1.Cl.Cl. The minimum absolute atomic E-state index is 0. The number of halogens is 2. The molecule has 1 aromatic rings. The summed E-state index contributed by atoms with van der Waals surface area (Å²) >= 11 is 0. The lowest BCUT2D eigenvalue weighted by Gasteiger charge is -2.12. The highest BCUT2D eigenvalue weighted by Gasteiger charge is 2.22. The van der Waals surface area contributed by atoms with Crippen LogP contribution in [0.15, 0.2) is 18.5 Å². The highest BCUT2D eigenvalue weighted by molar-refractivity contribution is 5.95. The number of pyridine rings is 1. The van der Waals surface area contributed by atoms with Crippen molar-refractivity contribution in [3.8, 4) is 0 Å². The van der Waals surface area contributed by atoms with E-state index in [1.165, 1.54) is 0 Å². The van der Waals surface area contributed by atoms with Gasteiger partial charge >= 0.3 is 0 Å². The van der Waals surface area contributed by atoms with E-state index >= 15 is 0 Å². The van der Waals surface area contributed by atoms with Crippen molar-refractivity contribution >= 4 is 36.4 Å². The number of hydrogen-bond acceptors (Lipinski definition) is 3. The van der Waals surface area contributed by atoms with Crippen molar-refractivity contribution in [3.63, 3.8) is 0 Å². The van der Waals surface area contributed by atoms with Gasteiger partial charge in [-0.05, 0) is 37.9 Å². The lowest BCUT2D eigenvalue weighted by atomic mass is 10.2. The first-order chi connectivity index (χ1) is 7.27. The van der Waals surface area contributed by atoms with E-state index in [0.717, 1.165) is 30.6 Å². The number of anilines is 1. The van der Waals surface area contributed by atoms with E-state index in [1.54, 1.807) is 12.4 Å². The number of nitrogens with zero attached hydrogens (tertiary/aromatic N) is 1. The van der Waals surface area contributed by atoms with Gasteiger partial charge in [-0.25, -0.2) is 0 Å². The molecule has 1 saturated heterocycles. The molecule has 0 unspecified atom stereocenters. The Bertz CT molecular complexity index is 367. The van der Waals surface area contributed by atoms with Gasteiger partial charge in [-0.1, -0.05) is 0 Å². The van der Waals surface area contributed by atoms with Crippen LogP contribution in [0.3, 0.4) is 0 Å². The summed E-state index contributed by atoms with van der Waals surface area (Å²) in [7, 11) is 0. The smallest absolute Gasteiger partial charge is 0.241 e. The first-order valence-corrected chi connectivity index (χ1v) is 5.22. The van der Waals surface area contributed by atoms with Crippen molar-refractivity contribution in [1.82, 2.24) is 10.3 Å². The fraction of sp³-hybridized carbons (Fsp3) is 0.455. The van der Waals surface area contributed by atoms with Crippen LogP contribution in [0.4, 0.5) is 5.69 Å². The Morgan fingerprint density at radius 2 is 2.29 bits per heavy atom. The van der Waals surface area contributed by atoms with Crippen molar-refractivity contribution < 1.29 is 4.79 Å². The Kier molecular flexibility index (Phi) is 7.11. The summed E-state index contributed by atoms with van der Waals surface area (Å²) in [5.41, 5.74) is 1.84. The average molecular weight is 278 g/mol. The van der Waals surface area contributed by atoms with Crippen molar-refractivity contribution in [2.75, 3.05) is 11.9 Å². The standard InChI is InChI=1S/C11H15N3O.2ClH/c1-8-4-6-12-7-10(8)14-11(15)9-3-2-5-13-9;;/h4,6-7,9,13H,2-3,5H2,1H3,(H,14,15);2*1H/t9-;;/m0../s1. The first kappa shape index (κ1) is 16.2. The molecule has 1 aliphatic rings. The van der Waals surface area contributed by atoms with Gasteiger partial charge in [0.15, 0.2) is 0 Å². The second kappa shape index (κ2) is 7.48. The number of hydrogen-bond donors (Lipinski definition) is 2. The van der Waals surface area contributed by atoms with Crippen LogP contribution in [0.2, 0.25) is 0 Å².